The van der Waals surface area contributed by atoms with E-state index in [4.69, 9.17) is 0 Å². The van der Waals surface area contributed by atoms with Crippen molar-refractivity contribution in [3.8, 4) is 0 Å². The van der Waals surface area contributed by atoms with E-state index in [2.05, 4.69) is 45.2 Å². The molecule has 0 aromatic heterocycles. The van der Waals surface area contributed by atoms with E-state index in [0.717, 1.165) is 16.1 Å². The molecule has 0 radical (unpaired) electrons. The quantitative estimate of drug-likeness (QED) is 0.798. The summed E-state index contributed by atoms with van der Waals surface area (Å²) in [6.07, 6.45) is 5.42. The third-order valence-electron chi connectivity index (χ3n) is 2.13. The summed E-state index contributed by atoms with van der Waals surface area (Å²) in [5.74, 6) is 1.19. The second-order valence-electron chi connectivity index (χ2n) is 3.28. The van der Waals surface area contributed by atoms with E-state index in [1.54, 1.807) is 0 Å². The van der Waals surface area contributed by atoms with Gasteiger partial charge in [-0.3, -0.25) is 4.99 Å². The van der Waals surface area contributed by atoms with E-state index in [0.29, 0.717) is 0 Å². The molecular weight excluding hydrogens is 270 g/mol. The third-order valence-corrected chi connectivity index (χ3v) is 3.91. The molecule has 3 heteroatoms. The van der Waals surface area contributed by atoms with Crippen molar-refractivity contribution in [1.82, 2.24) is 0 Å². The molecule has 0 atom stereocenters. The molecule has 0 saturated carbocycles. The third kappa shape index (κ3) is 3.21. The minimum atomic E-state index is 0.975. The highest BCUT2D eigenvalue weighted by molar-refractivity contribution is 9.10. The minimum Gasteiger partial charge on any atom is -0.278 e. The molecule has 78 valence electrons. The van der Waals surface area contributed by atoms with Gasteiger partial charge in [-0.2, -0.15) is 0 Å². The fourth-order valence-corrected chi connectivity index (χ4v) is 2.59. The van der Waals surface area contributed by atoms with Crippen LogP contribution in [0.15, 0.2) is 39.8 Å². The van der Waals surface area contributed by atoms with Crippen LogP contribution in [0.3, 0.4) is 0 Å². The second-order valence-corrected chi connectivity index (χ2v) is 5.25. The van der Waals surface area contributed by atoms with Gasteiger partial charge < -0.3 is 0 Å². The molecule has 0 fully saturated rings. The van der Waals surface area contributed by atoms with Crippen molar-refractivity contribution in [2.24, 2.45) is 4.99 Å². The fraction of sp³-hybridized carbons (Fsp3) is 0.250. The Kier molecular flexibility index (Phi) is 4.03. The first-order chi connectivity index (χ1) is 7.36. The Hall–Kier alpha value is -0.540. The molecule has 1 aliphatic heterocycles. The summed E-state index contributed by atoms with van der Waals surface area (Å²) in [5, 5.41) is 1.15. The maximum absolute atomic E-state index is 4.45. The molecule has 0 N–H and O–H groups in total. The second kappa shape index (κ2) is 5.52. The summed E-state index contributed by atoms with van der Waals surface area (Å²) < 4.78 is 1.13. The maximum Gasteiger partial charge on any atom is 0.0904 e. The van der Waals surface area contributed by atoms with Gasteiger partial charge in [0, 0.05) is 16.8 Å². The molecule has 0 saturated heterocycles. The predicted octanol–water partition coefficient (Wildman–Crippen LogP) is 4.00. The van der Waals surface area contributed by atoms with Gasteiger partial charge in [0.05, 0.1) is 5.04 Å². The standard InChI is InChI=1S/C12H12BrNS/c13-11-5-2-1-4-10(11)6-7-12-14-8-3-9-15-12/h1-2,4-7H,3,8-9H2/b7-6+. The fourth-order valence-electron chi connectivity index (χ4n) is 1.35. The number of thioether (sulfide) groups is 1. The van der Waals surface area contributed by atoms with Gasteiger partial charge in [0.25, 0.3) is 0 Å². The lowest BCUT2D eigenvalue weighted by atomic mass is 10.2. The lowest BCUT2D eigenvalue weighted by Crippen LogP contribution is -2.00. The summed E-state index contributed by atoms with van der Waals surface area (Å²) in [7, 11) is 0. The van der Waals surface area contributed by atoms with E-state index in [1.165, 1.54) is 17.7 Å². The van der Waals surface area contributed by atoms with Crippen LogP contribution in [0, 0.1) is 0 Å². The van der Waals surface area contributed by atoms with Crippen LogP contribution in [0.5, 0.6) is 0 Å². The first kappa shape index (κ1) is 11.0. The highest BCUT2D eigenvalue weighted by Gasteiger charge is 2.01. The predicted molar refractivity (Wildman–Crippen MR) is 72.6 cm³/mol. The molecule has 1 aliphatic rings. The topological polar surface area (TPSA) is 12.4 Å². The van der Waals surface area contributed by atoms with Crippen LogP contribution in [0.1, 0.15) is 12.0 Å². The molecule has 2 rings (SSSR count). The van der Waals surface area contributed by atoms with Crippen LogP contribution in [-0.2, 0) is 0 Å². The Morgan fingerprint density at radius 2 is 2.13 bits per heavy atom. The van der Waals surface area contributed by atoms with Crippen molar-refractivity contribution < 1.29 is 0 Å². The zero-order valence-corrected chi connectivity index (χ0v) is 10.7. The van der Waals surface area contributed by atoms with Crippen molar-refractivity contribution in [3.05, 3.63) is 40.4 Å². The highest BCUT2D eigenvalue weighted by atomic mass is 79.9. The molecule has 0 bridgehead atoms. The van der Waals surface area contributed by atoms with Crippen LogP contribution in [0.2, 0.25) is 0 Å². The number of rotatable bonds is 2. The van der Waals surface area contributed by atoms with Gasteiger partial charge >= 0.3 is 0 Å². The zero-order chi connectivity index (χ0) is 10.5. The van der Waals surface area contributed by atoms with Gasteiger partial charge in [-0.25, -0.2) is 0 Å². The van der Waals surface area contributed by atoms with Crippen LogP contribution < -0.4 is 0 Å². The number of aliphatic imine (C=N–C) groups is 1. The minimum absolute atomic E-state index is 0.975. The van der Waals surface area contributed by atoms with Gasteiger partial charge in [-0.1, -0.05) is 40.2 Å². The first-order valence-corrected chi connectivity index (χ1v) is 6.74. The van der Waals surface area contributed by atoms with Gasteiger partial charge in [-0.15, -0.1) is 11.8 Å². The molecule has 0 spiro atoms. The lowest BCUT2D eigenvalue weighted by molar-refractivity contribution is 0.940. The summed E-state index contributed by atoms with van der Waals surface area (Å²) in [4.78, 5) is 4.45. The normalized spacial score (nSPS) is 16.7. The largest absolute Gasteiger partial charge is 0.278 e. The molecule has 0 aliphatic carbocycles. The number of benzene rings is 1. The van der Waals surface area contributed by atoms with Gasteiger partial charge in [0.15, 0.2) is 0 Å². The SMILES string of the molecule is Brc1ccccc1/C=C/C1=NCCCS1. The van der Waals surface area contributed by atoms with Crippen molar-refractivity contribution in [2.75, 3.05) is 12.3 Å². The Morgan fingerprint density at radius 3 is 2.87 bits per heavy atom. The molecule has 1 aromatic rings. The molecule has 1 heterocycles. The van der Waals surface area contributed by atoms with Crippen molar-refractivity contribution >= 4 is 38.8 Å². The van der Waals surface area contributed by atoms with E-state index in [-0.39, 0.29) is 0 Å². The Bertz CT molecular complexity index is 398. The lowest BCUT2D eigenvalue weighted by Gasteiger charge is -2.06. The molecule has 0 amide bonds. The average Bonchev–Trinajstić information content (AvgIpc) is 2.29. The molecule has 1 aromatic carbocycles. The summed E-state index contributed by atoms with van der Waals surface area (Å²) in [6, 6.07) is 8.21. The average molecular weight is 282 g/mol. The first-order valence-electron chi connectivity index (χ1n) is 4.96. The van der Waals surface area contributed by atoms with Crippen LogP contribution in [-0.4, -0.2) is 17.3 Å². The smallest absolute Gasteiger partial charge is 0.0904 e. The maximum atomic E-state index is 4.45. The van der Waals surface area contributed by atoms with Gasteiger partial charge in [0.2, 0.25) is 0 Å². The van der Waals surface area contributed by atoms with Crippen LogP contribution in [0.4, 0.5) is 0 Å². The van der Waals surface area contributed by atoms with Gasteiger partial charge in [0.1, 0.15) is 0 Å². The van der Waals surface area contributed by atoms with Crippen LogP contribution in [0.25, 0.3) is 6.08 Å². The summed E-state index contributed by atoms with van der Waals surface area (Å²) in [5.41, 5.74) is 1.20. The van der Waals surface area contributed by atoms with Gasteiger partial charge in [-0.05, 0) is 24.1 Å². The molecule has 0 unspecified atom stereocenters. The van der Waals surface area contributed by atoms with Crippen LogP contribution >= 0.6 is 27.7 Å². The summed E-state index contributed by atoms with van der Waals surface area (Å²) >= 11 is 5.36. The Labute approximate surface area is 103 Å². The molecule has 1 nitrogen and oxygen atoms in total. The van der Waals surface area contributed by atoms with Crippen molar-refractivity contribution in [3.63, 3.8) is 0 Å². The number of nitrogens with zero attached hydrogens (tertiary/aromatic N) is 1. The van der Waals surface area contributed by atoms with E-state index < -0.39 is 0 Å². The highest BCUT2D eigenvalue weighted by Crippen LogP contribution is 2.19. The van der Waals surface area contributed by atoms with Crippen molar-refractivity contribution in [1.29, 1.82) is 0 Å². The Morgan fingerprint density at radius 1 is 1.27 bits per heavy atom. The van der Waals surface area contributed by atoms with E-state index in [9.17, 15) is 0 Å². The summed E-state index contributed by atoms with van der Waals surface area (Å²) in [6.45, 7) is 0.975. The number of hydrogen-bond donors (Lipinski definition) is 0. The number of halogens is 1. The molecular formula is C12H12BrNS. The molecule has 15 heavy (non-hydrogen) atoms. The Balaban J connectivity index is 2.11. The monoisotopic (exact) mass is 281 g/mol. The van der Waals surface area contributed by atoms with Crippen molar-refractivity contribution in [2.45, 2.75) is 6.42 Å². The van der Waals surface area contributed by atoms with E-state index >= 15 is 0 Å². The number of hydrogen-bond acceptors (Lipinski definition) is 2. The van der Waals surface area contributed by atoms with E-state index in [1.807, 2.05) is 23.9 Å². The zero-order valence-electron chi connectivity index (χ0n) is 8.32.